The number of carbonyl (C=O) groups is 2. The van der Waals surface area contributed by atoms with Crippen molar-refractivity contribution in [2.24, 2.45) is 0 Å². The van der Waals surface area contributed by atoms with Crippen LogP contribution in [0.25, 0.3) is 17.0 Å². The van der Waals surface area contributed by atoms with Gasteiger partial charge in [-0.15, -0.1) is 0 Å². The van der Waals surface area contributed by atoms with E-state index in [-0.39, 0.29) is 0 Å². The molecule has 0 saturated heterocycles. The van der Waals surface area contributed by atoms with Crippen LogP contribution in [0.5, 0.6) is 0 Å². The van der Waals surface area contributed by atoms with Crippen molar-refractivity contribution in [2.45, 2.75) is 25.7 Å². The van der Waals surface area contributed by atoms with Gasteiger partial charge in [-0.3, -0.25) is 9.36 Å². The highest BCUT2D eigenvalue weighted by Crippen LogP contribution is 2.23. The number of hydrogen-bond donors (Lipinski definition) is 0. The van der Waals surface area contributed by atoms with Gasteiger partial charge in [-0.25, -0.2) is 4.79 Å². The number of fused-ring (bicyclic) bond motifs is 1. The molecule has 0 N–H and O–H groups in total. The van der Waals surface area contributed by atoms with Crippen LogP contribution in [0.4, 0.5) is 4.79 Å². The Balaban J connectivity index is 2.26. The summed E-state index contributed by atoms with van der Waals surface area (Å²) in [5.74, 6) is 0. The summed E-state index contributed by atoms with van der Waals surface area (Å²) in [6.07, 6.45) is 4.13. The number of aromatic nitrogens is 1. The number of rotatable bonds is 5. The highest BCUT2D eigenvalue weighted by Gasteiger charge is 2.16. The van der Waals surface area contributed by atoms with Crippen LogP contribution < -0.4 is 0 Å². The molecule has 0 atom stereocenters. The molecule has 0 aliphatic heterocycles. The van der Waals surface area contributed by atoms with E-state index in [0.29, 0.717) is 6.61 Å². The SMILES string of the molecule is C[Si](C)(C)CCOC(=O)n1cc(/C=C/C(=O)Cl)c2ccccc21. The molecule has 0 fully saturated rings. The van der Waals surface area contributed by atoms with E-state index in [9.17, 15) is 9.59 Å². The number of nitrogens with zero attached hydrogens (tertiary/aromatic N) is 1. The molecule has 1 aromatic heterocycles. The first kappa shape index (κ1) is 17.5. The van der Waals surface area contributed by atoms with Gasteiger partial charge in [0.1, 0.15) is 0 Å². The summed E-state index contributed by atoms with van der Waals surface area (Å²) in [6.45, 7) is 7.13. The quantitative estimate of drug-likeness (QED) is 0.445. The van der Waals surface area contributed by atoms with Crippen LogP contribution in [0.2, 0.25) is 25.7 Å². The maximum Gasteiger partial charge on any atom is 0.418 e. The molecule has 0 bridgehead atoms. The standard InChI is InChI=1S/C17H20ClNO3Si/c1-23(2,3)11-10-22-17(21)19-12-13(8-9-16(18)20)14-6-4-5-7-15(14)19/h4-9,12H,10-11H2,1-3H3/b9-8+. The summed E-state index contributed by atoms with van der Waals surface area (Å²) in [5.41, 5.74) is 1.49. The van der Waals surface area contributed by atoms with E-state index in [1.807, 2.05) is 24.3 Å². The molecular weight excluding hydrogens is 330 g/mol. The van der Waals surface area contributed by atoms with Gasteiger partial charge in [0.05, 0.1) is 12.1 Å². The van der Waals surface area contributed by atoms with Gasteiger partial charge in [0.15, 0.2) is 0 Å². The van der Waals surface area contributed by atoms with E-state index in [2.05, 4.69) is 19.6 Å². The zero-order valence-corrected chi connectivity index (χ0v) is 15.3. The maximum atomic E-state index is 12.3. The molecule has 4 nitrogen and oxygen atoms in total. The first-order chi connectivity index (χ1) is 10.8. The summed E-state index contributed by atoms with van der Waals surface area (Å²) >= 11 is 5.34. The lowest BCUT2D eigenvalue weighted by Gasteiger charge is -2.15. The fourth-order valence-electron chi connectivity index (χ4n) is 2.16. The minimum atomic E-state index is -1.25. The fourth-order valence-corrected chi connectivity index (χ4v) is 2.94. The molecule has 0 unspecified atom stereocenters. The molecule has 0 radical (unpaired) electrons. The molecular formula is C17H20ClNO3Si. The Bertz CT molecular complexity index is 759. The molecule has 0 spiro atoms. The molecule has 6 heteroatoms. The van der Waals surface area contributed by atoms with Gasteiger partial charge in [-0.05, 0) is 35.9 Å². The van der Waals surface area contributed by atoms with Gasteiger partial charge in [-0.2, -0.15) is 0 Å². The van der Waals surface area contributed by atoms with E-state index >= 15 is 0 Å². The third-order valence-electron chi connectivity index (χ3n) is 3.41. The summed E-state index contributed by atoms with van der Waals surface area (Å²) in [7, 11) is -1.25. The van der Waals surface area contributed by atoms with Gasteiger partial charge in [-0.1, -0.05) is 37.8 Å². The number of ether oxygens (including phenoxy) is 1. The van der Waals surface area contributed by atoms with Gasteiger partial charge in [0, 0.05) is 25.2 Å². The van der Waals surface area contributed by atoms with Gasteiger partial charge >= 0.3 is 6.09 Å². The second-order valence-electron chi connectivity index (χ2n) is 6.53. The van der Waals surface area contributed by atoms with Gasteiger partial charge in [0.25, 0.3) is 0 Å². The minimum Gasteiger partial charge on any atom is -0.449 e. The Hall–Kier alpha value is -1.85. The number of halogens is 1. The zero-order valence-electron chi connectivity index (χ0n) is 13.5. The van der Waals surface area contributed by atoms with Crippen molar-refractivity contribution in [3.05, 3.63) is 42.1 Å². The molecule has 2 rings (SSSR count). The van der Waals surface area contributed by atoms with Crippen molar-refractivity contribution >= 4 is 48.0 Å². The molecule has 1 aromatic carbocycles. The molecule has 0 amide bonds. The average molecular weight is 350 g/mol. The Morgan fingerprint density at radius 1 is 1.26 bits per heavy atom. The first-order valence-corrected chi connectivity index (χ1v) is 11.5. The van der Waals surface area contributed by atoms with Crippen LogP contribution >= 0.6 is 11.6 Å². The van der Waals surface area contributed by atoms with Crippen LogP contribution in [0.3, 0.4) is 0 Å². The second kappa shape index (κ2) is 7.15. The van der Waals surface area contributed by atoms with Crippen molar-refractivity contribution in [1.82, 2.24) is 4.57 Å². The first-order valence-electron chi connectivity index (χ1n) is 7.43. The van der Waals surface area contributed by atoms with E-state index in [1.54, 1.807) is 12.3 Å². The largest absolute Gasteiger partial charge is 0.449 e. The lowest BCUT2D eigenvalue weighted by atomic mass is 10.2. The van der Waals surface area contributed by atoms with E-state index in [0.717, 1.165) is 22.5 Å². The van der Waals surface area contributed by atoms with E-state index < -0.39 is 19.4 Å². The predicted molar refractivity (Wildman–Crippen MR) is 96.7 cm³/mol. The molecule has 23 heavy (non-hydrogen) atoms. The third kappa shape index (κ3) is 4.81. The highest BCUT2D eigenvalue weighted by molar-refractivity contribution is 6.76. The van der Waals surface area contributed by atoms with Crippen molar-refractivity contribution < 1.29 is 14.3 Å². The lowest BCUT2D eigenvalue weighted by Crippen LogP contribution is -2.23. The summed E-state index contributed by atoms with van der Waals surface area (Å²) in [4.78, 5) is 23.2. The fraction of sp³-hybridized carbons (Fsp3) is 0.294. The van der Waals surface area contributed by atoms with Crippen LogP contribution in [-0.2, 0) is 9.53 Å². The second-order valence-corrected chi connectivity index (χ2v) is 12.5. The number of benzene rings is 1. The Labute approximate surface area is 141 Å². The number of hydrogen-bond acceptors (Lipinski definition) is 3. The van der Waals surface area contributed by atoms with Crippen LogP contribution in [-0.4, -0.2) is 30.6 Å². The third-order valence-corrected chi connectivity index (χ3v) is 5.24. The topological polar surface area (TPSA) is 48.3 Å². The van der Waals surface area contributed by atoms with Crippen molar-refractivity contribution in [3.63, 3.8) is 0 Å². The van der Waals surface area contributed by atoms with Crippen molar-refractivity contribution in [2.75, 3.05) is 6.61 Å². The summed E-state index contributed by atoms with van der Waals surface area (Å²) in [5, 5.41) is 0.309. The average Bonchev–Trinajstić information content (AvgIpc) is 2.82. The number of carbonyl (C=O) groups excluding carboxylic acids is 2. The normalized spacial score (nSPS) is 12.0. The zero-order chi connectivity index (χ0) is 17.0. The van der Waals surface area contributed by atoms with Crippen LogP contribution in [0, 0.1) is 0 Å². The number of allylic oxidation sites excluding steroid dienone is 1. The van der Waals surface area contributed by atoms with Crippen molar-refractivity contribution in [1.29, 1.82) is 0 Å². The van der Waals surface area contributed by atoms with Gasteiger partial charge in [0.2, 0.25) is 5.24 Å². The van der Waals surface area contributed by atoms with Crippen LogP contribution in [0.15, 0.2) is 36.5 Å². The molecule has 122 valence electrons. The Morgan fingerprint density at radius 2 is 1.96 bits per heavy atom. The van der Waals surface area contributed by atoms with Gasteiger partial charge < -0.3 is 4.74 Å². The summed E-state index contributed by atoms with van der Waals surface area (Å²) < 4.78 is 6.86. The predicted octanol–water partition coefficient (Wildman–Crippen LogP) is 4.74. The van der Waals surface area contributed by atoms with Crippen molar-refractivity contribution in [3.8, 4) is 0 Å². The van der Waals surface area contributed by atoms with E-state index in [4.69, 9.17) is 16.3 Å². The Kier molecular flexibility index (Phi) is 5.44. The molecule has 2 aromatic rings. The summed E-state index contributed by atoms with van der Waals surface area (Å²) in [6, 6.07) is 8.39. The molecule has 0 aliphatic rings. The van der Waals surface area contributed by atoms with Crippen LogP contribution in [0.1, 0.15) is 5.56 Å². The maximum absolute atomic E-state index is 12.3. The van der Waals surface area contributed by atoms with E-state index in [1.165, 1.54) is 10.6 Å². The molecule has 1 heterocycles. The molecule has 0 aliphatic carbocycles. The number of para-hydroxylation sites is 1. The lowest BCUT2D eigenvalue weighted by molar-refractivity contribution is -0.107. The Morgan fingerprint density at radius 3 is 2.61 bits per heavy atom. The molecule has 0 saturated carbocycles. The smallest absolute Gasteiger partial charge is 0.418 e. The highest BCUT2D eigenvalue weighted by atomic mass is 35.5. The monoisotopic (exact) mass is 349 g/mol. The minimum absolute atomic E-state index is 0.406.